The fourth-order valence-corrected chi connectivity index (χ4v) is 3.32. The number of benzene rings is 1. The molecule has 3 N–H and O–H groups in total. The van der Waals surface area contributed by atoms with Crippen LogP contribution in [0.5, 0.6) is 5.75 Å². The SMILES string of the molecule is CCCOc1ccccc1C(CCC1CCCCC1)NN. The second-order valence-corrected chi connectivity index (χ2v) is 6.19. The number of hydrogen-bond donors (Lipinski definition) is 2. The van der Waals surface area contributed by atoms with Gasteiger partial charge in [0.15, 0.2) is 0 Å². The van der Waals surface area contributed by atoms with E-state index in [2.05, 4.69) is 30.5 Å². The first-order chi connectivity index (χ1) is 10.3. The van der Waals surface area contributed by atoms with Crippen molar-refractivity contribution in [2.24, 2.45) is 11.8 Å². The Morgan fingerprint density at radius 2 is 2.00 bits per heavy atom. The summed E-state index contributed by atoms with van der Waals surface area (Å²) in [6.45, 7) is 2.89. The van der Waals surface area contributed by atoms with Crippen molar-refractivity contribution in [3.63, 3.8) is 0 Å². The van der Waals surface area contributed by atoms with Crippen LogP contribution in [0.3, 0.4) is 0 Å². The van der Waals surface area contributed by atoms with Crippen molar-refractivity contribution in [1.29, 1.82) is 0 Å². The summed E-state index contributed by atoms with van der Waals surface area (Å²) < 4.78 is 5.87. The number of rotatable bonds is 8. The molecule has 0 bridgehead atoms. The quantitative estimate of drug-likeness (QED) is 0.553. The molecular formula is C18H30N2O. The van der Waals surface area contributed by atoms with E-state index < -0.39 is 0 Å². The van der Waals surface area contributed by atoms with E-state index in [4.69, 9.17) is 10.6 Å². The van der Waals surface area contributed by atoms with Gasteiger partial charge in [-0.25, -0.2) is 0 Å². The molecule has 118 valence electrons. The second kappa shape index (κ2) is 9.06. The molecule has 0 aromatic heterocycles. The van der Waals surface area contributed by atoms with E-state index in [1.165, 1.54) is 44.1 Å². The second-order valence-electron chi connectivity index (χ2n) is 6.19. The predicted molar refractivity (Wildman–Crippen MR) is 88.1 cm³/mol. The first kappa shape index (κ1) is 16.3. The third-order valence-corrected chi connectivity index (χ3v) is 4.55. The summed E-state index contributed by atoms with van der Waals surface area (Å²) in [6.07, 6.45) is 10.4. The molecule has 1 fully saturated rings. The van der Waals surface area contributed by atoms with E-state index in [1.807, 2.05) is 6.07 Å². The Bertz CT molecular complexity index is 402. The average molecular weight is 290 g/mol. The summed E-state index contributed by atoms with van der Waals surface area (Å²) in [4.78, 5) is 0. The molecule has 0 heterocycles. The maximum atomic E-state index is 5.87. The van der Waals surface area contributed by atoms with Gasteiger partial charge < -0.3 is 4.74 Å². The van der Waals surface area contributed by atoms with Crippen LogP contribution in [0.4, 0.5) is 0 Å². The fraction of sp³-hybridized carbons (Fsp3) is 0.667. The number of ether oxygens (including phenoxy) is 1. The smallest absolute Gasteiger partial charge is 0.124 e. The number of nitrogens with one attached hydrogen (secondary N) is 1. The van der Waals surface area contributed by atoms with Gasteiger partial charge in [-0.15, -0.1) is 0 Å². The predicted octanol–water partition coefficient (Wildman–Crippen LogP) is 4.34. The van der Waals surface area contributed by atoms with Crippen LogP contribution in [0.15, 0.2) is 24.3 Å². The van der Waals surface area contributed by atoms with Gasteiger partial charge in [-0.05, 0) is 31.2 Å². The Kier molecular flexibility index (Phi) is 7.04. The number of hydrazine groups is 1. The van der Waals surface area contributed by atoms with E-state index in [9.17, 15) is 0 Å². The maximum Gasteiger partial charge on any atom is 0.124 e. The Balaban J connectivity index is 1.95. The van der Waals surface area contributed by atoms with Crippen LogP contribution in [-0.4, -0.2) is 6.61 Å². The summed E-state index contributed by atoms with van der Waals surface area (Å²) in [5.74, 6) is 7.68. The normalized spacial score (nSPS) is 17.6. The highest BCUT2D eigenvalue weighted by atomic mass is 16.5. The number of para-hydroxylation sites is 1. The Labute approximate surface area is 129 Å². The highest BCUT2D eigenvalue weighted by Gasteiger charge is 2.19. The van der Waals surface area contributed by atoms with Crippen LogP contribution in [0.2, 0.25) is 0 Å². The molecule has 0 radical (unpaired) electrons. The lowest BCUT2D eigenvalue weighted by Crippen LogP contribution is -2.29. The Morgan fingerprint density at radius 3 is 2.71 bits per heavy atom. The third-order valence-electron chi connectivity index (χ3n) is 4.55. The molecule has 0 spiro atoms. The van der Waals surface area contributed by atoms with E-state index in [-0.39, 0.29) is 6.04 Å². The molecule has 0 aliphatic heterocycles. The monoisotopic (exact) mass is 290 g/mol. The van der Waals surface area contributed by atoms with Crippen LogP contribution < -0.4 is 16.0 Å². The topological polar surface area (TPSA) is 47.3 Å². The molecule has 1 unspecified atom stereocenters. The van der Waals surface area contributed by atoms with E-state index in [0.717, 1.165) is 31.1 Å². The minimum Gasteiger partial charge on any atom is -0.493 e. The van der Waals surface area contributed by atoms with Gasteiger partial charge in [0.25, 0.3) is 0 Å². The molecule has 1 aliphatic carbocycles. The molecule has 2 rings (SSSR count). The molecule has 3 heteroatoms. The van der Waals surface area contributed by atoms with Crippen LogP contribution in [0.1, 0.15) is 69.9 Å². The summed E-state index contributed by atoms with van der Waals surface area (Å²) in [7, 11) is 0. The fourth-order valence-electron chi connectivity index (χ4n) is 3.32. The van der Waals surface area contributed by atoms with E-state index >= 15 is 0 Å². The molecule has 21 heavy (non-hydrogen) atoms. The molecule has 0 amide bonds. The molecule has 1 aromatic carbocycles. The van der Waals surface area contributed by atoms with E-state index in [0.29, 0.717) is 0 Å². The molecule has 1 saturated carbocycles. The summed E-state index contributed by atoms with van der Waals surface area (Å²) in [5.41, 5.74) is 4.19. The Morgan fingerprint density at radius 1 is 1.24 bits per heavy atom. The van der Waals surface area contributed by atoms with Gasteiger partial charge in [0.1, 0.15) is 5.75 Å². The lowest BCUT2D eigenvalue weighted by molar-refractivity contribution is 0.297. The van der Waals surface area contributed by atoms with E-state index in [1.54, 1.807) is 0 Å². The van der Waals surface area contributed by atoms with Gasteiger partial charge >= 0.3 is 0 Å². The molecular weight excluding hydrogens is 260 g/mol. The zero-order chi connectivity index (χ0) is 14.9. The van der Waals surface area contributed by atoms with Gasteiger partial charge in [-0.3, -0.25) is 11.3 Å². The van der Waals surface area contributed by atoms with Gasteiger partial charge in [-0.2, -0.15) is 0 Å². The number of nitrogens with two attached hydrogens (primary N) is 1. The molecule has 1 aromatic rings. The van der Waals surface area contributed by atoms with Crippen molar-refractivity contribution in [3.8, 4) is 5.75 Å². The molecule has 0 saturated heterocycles. The summed E-state index contributed by atoms with van der Waals surface area (Å²) in [5, 5.41) is 0. The van der Waals surface area contributed by atoms with Gasteiger partial charge in [-0.1, -0.05) is 57.2 Å². The zero-order valence-electron chi connectivity index (χ0n) is 13.3. The standard InChI is InChI=1S/C18H30N2O/c1-2-14-21-18-11-7-6-10-16(18)17(20-19)13-12-15-8-4-3-5-9-15/h6-7,10-11,15,17,20H,2-5,8-9,12-14,19H2,1H3. The van der Waals surface area contributed by atoms with Crippen LogP contribution in [0, 0.1) is 5.92 Å². The van der Waals surface area contributed by atoms with Crippen molar-refractivity contribution < 1.29 is 4.74 Å². The van der Waals surface area contributed by atoms with Crippen LogP contribution >= 0.6 is 0 Å². The molecule has 1 atom stereocenters. The van der Waals surface area contributed by atoms with Crippen molar-refractivity contribution in [2.75, 3.05) is 6.61 Å². The first-order valence-electron chi connectivity index (χ1n) is 8.53. The minimum absolute atomic E-state index is 0.194. The van der Waals surface area contributed by atoms with Crippen molar-refractivity contribution >= 4 is 0 Å². The van der Waals surface area contributed by atoms with Crippen molar-refractivity contribution in [1.82, 2.24) is 5.43 Å². The lowest BCUT2D eigenvalue weighted by Gasteiger charge is -2.25. The van der Waals surface area contributed by atoms with Gasteiger partial charge in [0, 0.05) is 11.6 Å². The van der Waals surface area contributed by atoms with Crippen molar-refractivity contribution in [2.45, 2.75) is 64.3 Å². The number of hydrogen-bond acceptors (Lipinski definition) is 3. The average Bonchev–Trinajstić information content (AvgIpc) is 2.55. The van der Waals surface area contributed by atoms with Gasteiger partial charge in [0.2, 0.25) is 0 Å². The summed E-state index contributed by atoms with van der Waals surface area (Å²) in [6, 6.07) is 8.48. The highest BCUT2D eigenvalue weighted by Crippen LogP contribution is 2.32. The zero-order valence-corrected chi connectivity index (χ0v) is 13.3. The molecule has 3 nitrogen and oxygen atoms in total. The Hall–Kier alpha value is -1.06. The third kappa shape index (κ3) is 5.01. The first-order valence-corrected chi connectivity index (χ1v) is 8.53. The highest BCUT2D eigenvalue weighted by molar-refractivity contribution is 5.35. The van der Waals surface area contributed by atoms with Crippen LogP contribution in [0.25, 0.3) is 0 Å². The van der Waals surface area contributed by atoms with Gasteiger partial charge in [0.05, 0.1) is 6.61 Å². The van der Waals surface area contributed by atoms with Crippen LogP contribution in [-0.2, 0) is 0 Å². The summed E-state index contributed by atoms with van der Waals surface area (Å²) >= 11 is 0. The lowest BCUT2D eigenvalue weighted by atomic mass is 9.84. The minimum atomic E-state index is 0.194. The van der Waals surface area contributed by atoms with Crippen molar-refractivity contribution in [3.05, 3.63) is 29.8 Å². The largest absolute Gasteiger partial charge is 0.493 e. The maximum absolute atomic E-state index is 5.87. The molecule has 1 aliphatic rings.